The summed E-state index contributed by atoms with van der Waals surface area (Å²) in [7, 11) is 0. The van der Waals surface area contributed by atoms with Crippen molar-refractivity contribution < 1.29 is 13.9 Å². The fourth-order valence-electron chi connectivity index (χ4n) is 3.07. The van der Waals surface area contributed by atoms with E-state index in [1.807, 2.05) is 12.1 Å². The quantitative estimate of drug-likeness (QED) is 0.378. The molecular formula is C22H30FNO2. The highest BCUT2D eigenvalue weighted by atomic mass is 19.1. The van der Waals surface area contributed by atoms with Crippen LogP contribution in [0.25, 0.3) is 11.3 Å². The van der Waals surface area contributed by atoms with E-state index in [4.69, 9.17) is 4.74 Å². The number of aromatic amines is 1. The van der Waals surface area contributed by atoms with Gasteiger partial charge in [-0.3, -0.25) is 0 Å². The minimum Gasteiger partial charge on any atom is -0.461 e. The molecule has 0 spiro atoms. The number of nitrogens with one attached hydrogen (secondary N) is 1. The lowest BCUT2D eigenvalue weighted by atomic mass is 10.0. The Morgan fingerprint density at radius 1 is 1.00 bits per heavy atom. The van der Waals surface area contributed by atoms with Crippen LogP contribution in [0, 0.1) is 5.82 Å². The first-order chi connectivity index (χ1) is 12.7. The van der Waals surface area contributed by atoms with Gasteiger partial charge in [-0.05, 0) is 30.9 Å². The topological polar surface area (TPSA) is 42.1 Å². The number of carbonyl (C=O) groups excluding carboxylic acids is 1. The number of hydrogen-bond acceptors (Lipinski definition) is 2. The number of benzene rings is 1. The van der Waals surface area contributed by atoms with Gasteiger partial charge in [-0.15, -0.1) is 0 Å². The number of H-pyrrole nitrogens is 1. The summed E-state index contributed by atoms with van der Waals surface area (Å²) in [6, 6.07) is 9.44. The summed E-state index contributed by atoms with van der Waals surface area (Å²) in [5, 5.41) is 0. The molecule has 0 aliphatic rings. The standard InChI is InChI=1S/C22H30FNO2/c1-3-5-6-7-8-9-10-11-17-12-14-18(15-13-17)20-16-19(23)21(24-20)22(25)26-4-2/h12-16,24H,3-11H2,1-2H3. The van der Waals surface area contributed by atoms with Gasteiger partial charge in [0.05, 0.1) is 6.61 Å². The minimum atomic E-state index is -0.660. The summed E-state index contributed by atoms with van der Waals surface area (Å²) in [6.07, 6.45) is 10.2. The second-order valence-corrected chi connectivity index (χ2v) is 6.69. The van der Waals surface area contributed by atoms with E-state index in [9.17, 15) is 9.18 Å². The predicted octanol–water partition coefficient (Wildman–Crippen LogP) is 6.29. The zero-order valence-electron chi connectivity index (χ0n) is 15.9. The third kappa shape index (κ3) is 6.01. The summed E-state index contributed by atoms with van der Waals surface area (Å²) in [6.45, 7) is 4.16. The molecule has 142 valence electrons. The Hall–Kier alpha value is -2.10. The number of aromatic nitrogens is 1. The number of hydrogen-bond donors (Lipinski definition) is 1. The fourth-order valence-corrected chi connectivity index (χ4v) is 3.07. The molecule has 4 heteroatoms. The summed E-state index contributed by atoms with van der Waals surface area (Å²) in [5.41, 5.74) is 2.63. The maximum atomic E-state index is 13.9. The molecule has 2 rings (SSSR count). The summed E-state index contributed by atoms with van der Waals surface area (Å²) in [5.74, 6) is -1.24. The Kier molecular flexibility index (Phi) is 8.39. The summed E-state index contributed by atoms with van der Waals surface area (Å²) in [4.78, 5) is 14.5. The average molecular weight is 359 g/mol. The number of rotatable bonds is 11. The fraction of sp³-hybridized carbons (Fsp3) is 0.500. The van der Waals surface area contributed by atoms with E-state index in [1.165, 1.54) is 56.6 Å². The number of esters is 1. The third-order valence-corrected chi connectivity index (χ3v) is 4.58. The number of ether oxygens (including phenoxy) is 1. The van der Waals surface area contributed by atoms with Gasteiger partial charge in [0.2, 0.25) is 0 Å². The van der Waals surface area contributed by atoms with Crippen molar-refractivity contribution in [3.8, 4) is 11.3 Å². The van der Waals surface area contributed by atoms with Gasteiger partial charge in [-0.25, -0.2) is 9.18 Å². The number of carbonyl (C=O) groups is 1. The Morgan fingerprint density at radius 2 is 1.65 bits per heavy atom. The minimum absolute atomic E-state index is 0.117. The molecule has 0 fully saturated rings. The van der Waals surface area contributed by atoms with Gasteiger partial charge in [0.25, 0.3) is 0 Å². The molecule has 0 bridgehead atoms. The molecule has 1 heterocycles. The number of halogens is 1. The molecule has 3 nitrogen and oxygen atoms in total. The largest absolute Gasteiger partial charge is 0.461 e. The normalized spacial score (nSPS) is 10.9. The van der Waals surface area contributed by atoms with E-state index in [1.54, 1.807) is 6.92 Å². The van der Waals surface area contributed by atoms with E-state index < -0.39 is 11.8 Å². The molecular weight excluding hydrogens is 329 g/mol. The highest BCUT2D eigenvalue weighted by Crippen LogP contribution is 2.23. The van der Waals surface area contributed by atoms with Crippen LogP contribution >= 0.6 is 0 Å². The summed E-state index contributed by atoms with van der Waals surface area (Å²) >= 11 is 0. The molecule has 0 saturated carbocycles. The second kappa shape index (κ2) is 10.8. The first-order valence-corrected chi connectivity index (χ1v) is 9.80. The van der Waals surface area contributed by atoms with Gasteiger partial charge in [0.15, 0.2) is 11.5 Å². The maximum absolute atomic E-state index is 13.9. The predicted molar refractivity (Wildman–Crippen MR) is 104 cm³/mol. The van der Waals surface area contributed by atoms with Crippen LogP contribution in [0.1, 0.15) is 74.8 Å². The molecule has 0 aliphatic heterocycles. The lowest BCUT2D eigenvalue weighted by molar-refractivity contribution is 0.0515. The molecule has 0 aliphatic carbocycles. The van der Waals surface area contributed by atoms with E-state index in [0.717, 1.165) is 12.0 Å². The van der Waals surface area contributed by atoms with Crippen LogP contribution in [0.2, 0.25) is 0 Å². The molecule has 0 amide bonds. The second-order valence-electron chi connectivity index (χ2n) is 6.69. The average Bonchev–Trinajstić information content (AvgIpc) is 3.03. The molecule has 26 heavy (non-hydrogen) atoms. The Bertz CT molecular complexity index is 676. The van der Waals surface area contributed by atoms with Crippen LogP contribution < -0.4 is 0 Å². The van der Waals surface area contributed by atoms with Crippen LogP contribution in [0.5, 0.6) is 0 Å². The van der Waals surface area contributed by atoms with Gasteiger partial charge in [0, 0.05) is 11.8 Å². The van der Waals surface area contributed by atoms with Crippen LogP contribution in [-0.2, 0) is 11.2 Å². The highest BCUT2D eigenvalue weighted by Gasteiger charge is 2.17. The molecule has 1 aromatic heterocycles. The molecule has 0 saturated heterocycles. The van der Waals surface area contributed by atoms with Crippen LogP contribution in [-0.4, -0.2) is 17.6 Å². The van der Waals surface area contributed by atoms with E-state index in [2.05, 4.69) is 24.0 Å². The van der Waals surface area contributed by atoms with Crippen LogP contribution in [0.4, 0.5) is 4.39 Å². The van der Waals surface area contributed by atoms with Gasteiger partial charge in [-0.2, -0.15) is 0 Å². The molecule has 1 N–H and O–H groups in total. The molecule has 1 aromatic carbocycles. The lowest BCUT2D eigenvalue weighted by Gasteiger charge is -2.04. The van der Waals surface area contributed by atoms with Crippen molar-refractivity contribution in [3.05, 3.63) is 47.4 Å². The monoisotopic (exact) mass is 359 g/mol. The SMILES string of the molecule is CCCCCCCCCc1ccc(-c2cc(F)c(C(=O)OCC)[nH]2)cc1. The number of aryl methyl sites for hydroxylation is 1. The Morgan fingerprint density at radius 3 is 2.31 bits per heavy atom. The van der Waals surface area contributed by atoms with Crippen LogP contribution in [0.15, 0.2) is 30.3 Å². The van der Waals surface area contributed by atoms with Gasteiger partial charge in [0.1, 0.15) is 0 Å². The number of unbranched alkanes of at least 4 members (excludes halogenated alkanes) is 6. The van der Waals surface area contributed by atoms with Crippen molar-refractivity contribution in [1.82, 2.24) is 4.98 Å². The Labute approximate surface area is 156 Å². The van der Waals surface area contributed by atoms with Crippen LogP contribution in [0.3, 0.4) is 0 Å². The highest BCUT2D eigenvalue weighted by molar-refractivity contribution is 5.89. The molecule has 2 aromatic rings. The van der Waals surface area contributed by atoms with Gasteiger partial charge < -0.3 is 9.72 Å². The van der Waals surface area contributed by atoms with Crippen molar-refractivity contribution >= 4 is 5.97 Å². The van der Waals surface area contributed by atoms with Gasteiger partial charge >= 0.3 is 5.97 Å². The smallest absolute Gasteiger partial charge is 0.357 e. The van der Waals surface area contributed by atoms with Crippen molar-refractivity contribution in [1.29, 1.82) is 0 Å². The lowest BCUT2D eigenvalue weighted by Crippen LogP contribution is -2.06. The molecule has 0 atom stereocenters. The Balaban J connectivity index is 1.85. The zero-order valence-corrected chi connectivity index (χ0v) is 15.9. The first-order valence-electron chi connectivity index (χ1n) is 9.80. The molecule has 0 unspecified atom stereocenters. The summed E-state index contributed by atoms with van der Waals surface area (Å²) < 4.78 is 18.8. The van der Waals surface area contributed by atoms with Gasteiger partial charge in [-0.1, -0.05) is 69.7 Å². The zero-order chi connectivity index (χ0) is 18.8. The van der Waals surface area contributed by atoms with E-state index >= 15 is 0 Å². The third-order valence-electron chi connectivity index (χ3n) is 4.58. The first kappa shape index (κ1) is 20.2. The molecule has 0 radical (unpaired) electrons. The van der Waals surface area contributed by atoms with Crippen molar-refractivity contribution in [3.63, 3.8) is 0 Å². The maximum Gasteiger partial charge on any atom is 0.357 e. The van der Waals surface area contributed by atoms with E-state index in [0.29, 0.717) is 5.69 Å². The van der Waals surface area contributed by atoms with Crippen molar-refractivity contribution in [2.24, 2.45) is 0 Å². The van der Waals surface area contributed by atoms with Crippen molar-refractivity contribution in [2.45, 2.75) is 65.2 Å². The van der Waals surface area contributed by atoms with E-state index in [-0.39, 0.29) is 12.3 Å². The van der Waals surface area contributed by atoms with Crippen molar-refractivity contribution in [2.75, 3.05) is 6.61 Å².